The van der Waals surface area contributed by atoms with Gasteiger partial charge < -0.3 is 9.88 Å². The van der Waals surface area contributed by atoms with Gasteiger partial charge >= 0.3 is 0 Å². The van der Waals surface area contributed by atoms with E-state index in [4.69, 9.17) is 0 Å². The minimum atomic E-state index is -0.394. The zero-order valence-electron chi connectivity index (χ0n) is 14.8. The molecule has 1 atom stereocenters. The Labute approximate surface area is 159 Å². The molecule has 140 valence electrons. The zero-order chi connectivity index (χ0) is 19.4. The van der Waals surface area contributed by atoms with Gasteiger partial charge in [0.05, 0.1) is 5.25 Å². The highest BCUT2D eigenvalue weighted by Crippen LogP contribution is 2.25. The molecule has 3 aromatic rings. The number of carbonyl (C=O) groups excluding carboxylic acids is 1. The maximum Gasteiger partial charge on any atom is 0.233 e. The first-order valence-corrected chi connectivity index (χ1v) is 9.16. The molecule has 0 aliphatic carbocycles. The summed E-state index contributed by atoms with van der Waals surface area (Å²) in [6.07, 6.45) is 0. The van der Waals surface area contributed by atoms with Gasteiger partial charge in [0.15, 0.2) is 11.0 Å². The van der Waals surface area contributed by atoms with E-state index in [0.717, 1.165) is 11.1 Å². The van der Waals surface area contributed by atoms with Gasteiger partial charge in [0, 0.05) is 19.2 Å². The zero-order valence-corrected chi connectivity index (χ0v) is 15.6. The molecule has 27 heavy (non-hydrogen) atoms. The average Bonchev–Trinajstić information content (AvgIpc) is 3.02. The molecule has 0 saturated carbocycles. The molecule has 0 unspecified atom stereocenters. The lowest BCUT2D eigenvalue weighted by Crippen LogP contribution is -2.30. The summed E-state index contributed by atoms with van der Waals surface area (Å²) in [6, 6.07) is 12.0. The molecule has 2 aromatic carbocycles. The number of aromatic nitrogens is 3. The number of carbonyl (C=O) groups is 1. The third-order valence-electron chi connectivity index (χ3n) is 3.97. The number of nitrogens with one attached hydrogen (secondary N) is 1. The van der Waals surface area contributed by atoms with Crippen LogP contribution in [-0.2, 0) is 18.4 Å². The van der Waals surface area contributed by atoms with Crippen LogP contribution in [0.1, 0.15) is 12.5 Å². The normalized spacial score (nSPS) is 12.0. The summed E-state index contributed by atoms with van der Waals surface area (Å²) in [6.45, 7) is 2.10. The number of halogens is 2. The Morgan fingerprint density at radius 2 is 1.67 bits per heavy atom. The lowest BCUT2D eigenvalue weighted by atomic mass is 10.2. The van der Waals surface area contributed by atoms with Gasteiger partial charge in [-0.25, -0.2) is 8.78 Å². The second-order valence-corrected chi connectivity index (χ2v) is 7.28. The molecule has 5 nitrogen and oxygen atoms in total. The van der Waals surface area contributed by atoms with E-state index in [1.807, 2.05) is 0 Å². The molecule has 0 radical (unpaired) electrons. The molecule has 0 saturated heterocycles. The molecular weight excluding hydrogens is 370 g/mol. The van der Waals surface area contributed by atoms with E-state index < -0.39 is 5.25 Å². The molecular formula is C19H18F2N4OS. The Bertz CT molecular complexity index is 926. The lowest BCUT2D eigenvalue weighted by Gasteiger charge is -2.12. The van der Waals surface area contributed by atoms with Crippen LogP contribution in [0.5, 0.6) is 0 Å². The molecule has 1 aromatic heterocycles. The molecule has 0 fully saturated rings. The Kier molecular flexibility index (Phi) is 5.85. The van der Waals surface area contributed by atoms with Crippen LogP contribution in [0.3, 0.4) is 0 Å². The Morgan fingerprint density at radius 3 is 2.30 bits per heavy atom. The van der Waals surface area contributed by atoms with Crippen molar-refractivity contribution in [1.29, 1.82) is 0 Å². The van der Waals surface area contributed by atoms with E-state index in [9.17, 15) is 13.6 Å². The van der Waals surface area contributed by atoms with Gasteiger partial charge in [0.1, 0.15) is 11.6 Å². The van der Waals surface area contributed by atoms with Crippen molar-refractivity contribution in [2.75, 3.05) is 0 Å². The Hall–Kier alpha value is -2.74. The average molecular weight is 388 g/mol. The molecule has 0 spiro atoms. The maximum atomic E-state index is 13.1. The number of benzene rings is 2. The van der Waals surface area contributed by atoms with E-state index >= 15 is 0 Å². The molecule has 1 amide bonds. The third kappa shape index (κ3) is 4.71. The summed E-state index contributed by atoms with van der Waals surface area (Å²) in [5, 5.41) is 11.3. The van der Waals surface area contributed by atoms with E-state index in [1.54, 1.807) is 42.8 Å². The van der Waals surface area contributed by atoms with Crippen LogP contribution in [0.15, 0.2) is 53.7 Å². The van der Waals surface area contributed by atoms with Crippen molar-refractivity contribution in [2.24, 2.45) is 7.05 Å². The molecule has 1 N–H and O–H groups in total. The van der Waals surface area contributed by atoms with Crippen molar-refractivity contribution in [3.05, 3.63) is 65.7 Å². The van der Waals surface area contributed by atoms with Gasteiger partial charge in [-0.3, -0.25) is 4.79 Å². The van der Waals surface area contributed by atoms with Crippen molar-refractivity contribution in [2.45, 2.75) is 23.9 Å². The van der Waals surface area contributed by atoms with Crippen molar-refractivity contribution < 1.29 is 13.6 Å². The third-order valence-corrected chi connectivity index (χ3v) is 5.10. The molecule has 8 heteroatoms. The maximum absolute atomic E-state index is 13.1. The van der Waals surface area contributed by atoms with Crippen LogP contribution in [0, 0.1) is 11.6 Å². The van der Waals surface area contributed by atoms with E-state index in [0.29, 0.717) is 17.5 Å². The topological polar surface area (TPSA) is 59.8 Å². The van der Waals surface area contributed by atoms with Crippen LogP contribution in [0.2, 0.25) is 0 Å². The highest BCUT2D eigenvalue weighted by molar-refractivity contribution is 8.00. The monoisotopic (exact) mass is 388 g/mol. The summed E-state index contributed by atoms with van der Waals surface area (Å²) in [5.41, 5.74) is 1.56. The van der Waals surface area contributed by atoms with Gasteiger partial charge in [0.25, 0.3) is 0 Å². The molecule has 1 heterocycles. The molecule has 0 bridgehead atoms. The summed E-state index contributed by atoms with van der Waals surface area (Å²) in [5.74, 6) is -0.192. The van der Waals surface area contributed by atoms with Gasteiger partial charge in [-0.05, 0) is 48.9 Å². The predicted molar refractivity (Wildman–Crippen MR) is 100.0 cm³/mol. The number of hydrogen-bond acceptors (Lipinski definition) is 4. The Morgan fingerprint density at radius 1 is 1.07 bits per heavy atom. The van der Waals surface area contributed by atoms with Crippen LogP contribution >= 0.6 is 11.8 Å². The van der Waals surface area contributed by atoms with Crippen molar-refractivity contribution in [3.63, 3.8) is 0 Å². The van der Waals surface area contributed by atoms with Gasteiger partial charge in [-0.15, -0.1) is 10.2 Å². The first-order valence-electron chi connectivity index (χ1n) is 8.28. The minimum Gasteiger partial charge on any atom is -0.351 e. The fourth-order valence-corrected chi connectivity index (χ4v) is 3.25. The van der Waals surface area contributed by atoms with Crippen molar-refractivity contribution >= 4 is 17.7 Å². The lowest BCUT2D eigenvalue weighted by molar-refractivity contribution is -0.120. The standard InChI is InChI=1S/C19H18F2N4OS/c1-12(18(26)22-11-13-3-7-15(20)8-4-13)27-19-24-23-17(25(19)2)14-5-9-16(21)10-6-14/h3-10,12H,11H2,1-2H3,(H,22,26)/t12-/m1/s1. The number of rotatable bonds is 6. The second-order valence-electron chi connectivity index (χ2n) is 5.98. The summed E-state index contributed by atoms with van der Waals surface area (Å²) < 4.78 is 27.8. The summed E-state index contributed by atoms with van der Waals surface area (Å²) >= 11 is 1.28. The Balaban J connectivity index is 1.61. The van der Waals surface area contributed by atoms with Crippen molar-refractivity contribution in [1.82, 2.24) is 20.1 Å². The largest absolute Gasteiger partial charge is 0.351 e. The molecule has 0 aliphatic heterocycles. The smallest absolute Gasteiger partial charge is 0.233 e. The van der Waals surface area contributed by atoms with E-state index in [2.05, 4.69) is 15.5 Å². The molecule has 3 rings (SSSR count). The first kappa shape index (κ1) is 19.0. The highest BCUT2D eigenvalue weighted by atomic mass is 32.2. The van der Waals surface area contributed by atoms with Gasteiger partial charge in [0.2, 0.25) is 5.91 Å². The predicted octanol–water partition coefficient (Wildman–Crippen LogP) is 3.56. The number of nitrogens with zero attached hydrogens (tertiary/aromatic N) is 3. The fourth-order valence-electron chi connectivity index (χ4n) is 2.41. The molecule has 0 aliphatic rings. The first-order chi connectivity index (χ1) is 12.9. The number of amides is 1. The second kappa shape index (κ2) is 8.30. The van der Waals surface area contributed by atoms with Crippen LogP contribution < -0.4 is 5.32 Å². The fraction of sp³-hybridized carbons (Fsp3) is 0.211. The quantitative estimate of drug-likeness (QED) is 0.656. The number of thioether (sulfide) groups is 1. The van der Waals surface area contributed by atoms with Crippen molar-refractivity contribution in [3.8, 4) is 11.4 Å². The highest BCUT2D eigenvalue weighted by Gasteiger charge is 2.19. The van der Waals surface area contributed by atoms with Gasteiger partial charge in [-0.1, -0.05) is 23.9 Å². The minimum absolute atomic E-state index is 0.157. The van der Waals surface area contributed by atoms with Crippen LogP contribution in [-0.4, -0.2) is 25.9 Å². The van der Waals surface area contributed by atoms with Crippen LogP contribution in [0.4, 0.5) is 8.78 Å². The van der Waals surface area contributed by atoms with E-state index in [1.165, 1.54) is 36.0 Å². The van der Waals surface area contributed by atoms with Gasteiger partial charge in [-0.2, -0.15) is 0 Å². The SMILES string of the molecule is C[C@@H](Sc1nnc(-c2ccc(F)cc2)n1C)C(=O)NCc1ccc(F)cc1. The van der Waals surface area contributed by atoms with E-state index in [-0.39, 0.29) is 17.5 Å². The summed E-state index contributed by atoms with van der Waals surface area (Å²) in [4.78, 5) is 12.3. The number of hydrogen-bond donors (Lipinski definition) is 1. The van der Waals surface area contributed by atoms with Crippen LogP contribution in [0.25, 0.3) is 11.4 Å². The summed E-state index contributed by atoms with van der Waals surface area (Å²) in [7, 11) is 1.80.